The van der Waals surface area contributed by atoms with Gasteiger partial charge in [0.25, 0.3) is 0 Å². The van der Waals surface area contributed by atoms with E-state index in [2.05, 4.69) is 55.1 Å². The number of likely N-dealkylation sites (tertiary alicyclic amines) is 1. The first kappa shape index (κ1) is 20.4. The molecule has 5 nitrogen and oxygen atoms in total. The summed E-state index contributed by atoms with van der Waals surface area (Å²) in [5.74, 6) is 1.20. The number of amides is 1. The Morgan fingerprint density at radius 2 is 1.92 bits per heavy atom. The number of nitrogens with one attached hydrogen (secondary N) is 2. The van der Waals surface area contributed by atoms with Gasteiger partial charge in [-0.2, -0.15) is 0 Å². The van der Waals surface area contributed by atoms with Crippen molar-refractivity contribution in [1.82, 2.24) is 20.4 Å². The van der Waals surface area contributed by atoms with Crippen LogP contribution in [0, 0.1) is 11.8 Å². The normalized spacial score (nSPS) is 25.3. The second-order valence-electron chi connectivity index (χ2n) is 7.82. The van der Waals surface area contributed by atoms with Gasteiger partial charge in [0.05, 0.1) is 11.7 Å². The summed E-state index contributed by atoms with van der Waals surface area (Å²) in [5.41, 5.74) is -0.188. The molecule has 0 aliphatic carbocycles. The number of carbonyl (C=O) groups is 1. The molecule has 0 radical (unpaired) electrons. The standard InChI is InChI=1S/C19H36N4OS/c1-6-14(4)13-23-17(24)16(15(5)7-2)21-19(23)9-11-22(12-10-19)18(25)20-8-3/h14-16,21H,6-13H2,1-5H3,(H,20,25)/t14-,15+,16-/m1/s1. The lowest BCUT2D eigenvalue weighted by Gasteiger charge is -2.46. The Bertz CT molecular complexity index is 476. The Morgan fingerprint density at radius 3 is 2.44 bits per heavy atom. The molecule has 0 bridgehead atoms. The lowest BCUT2D eigenvalue weighted by molar-refractivity contribution is -0.134. The first-order chi connectivity index (χ1) is 11.9. The Balaban J connectivity index is 2.15. The molecule has 0 unspecified atom stereocenters. The van der Waals surface area contributed by atoms with Crippen molar-refractivity contribution in [3.05, 3.63) is 0 Å². The zero-order valence-corrected chi connectivity index (χ0v) is 17.4. The number of carbonyl (C=O) groups excluding carboxylic acids is 1. The van der Waals surface area contributed by atoms with Crippen LogP contribution in [0.1, 0.15) is 60.3 Å². The lowest BCUT2D eigenvalue weighted by Crippen LogP contribution is -2.61. The molecule has 25 heavy (non-hydrogen) atoms. The maximum atomic E-state index is 13.2. The van der Waals surface area contributed by atoms with Crippen LogP contribution in [0.4, 0.5) is 0 Å². The van der Waals surface area contributed by atoms with Gasteiger partial charge in [0.2, 0.25) is 5.91 Å². The molecule has 1 amide bonds. The topological polar surface area (TPSA) is 47.6 Å². The molecule has 3 atom stereocenters. The molecule has 2 N–H and O–H groups in total. The van der Waals surface area contributed by atoms with Gasteiger partial charge in [-0.3, -0.25) is 10.1 Å². The summed E-state index contributed by atoms with van der Waals surface area (Å²) in [4.78, 5) is 17.6. The molecular formula is C19H36N4OS. The molecule has 2 heterocycles. The van der Waals surface area contributed by atoms with Gasteiger partial charge in [-0.1, -0.05) is 40.5 Å². The molecule has 144 valence electrons. The summed E-state index contributed by atoms with van der Waals surface area (Å²) in [6.07, 6.45) is 4.00. The third kappa shape index (κ3) is 4.27. The second kappa shape index (κ2) is 8.67. The number of hydrogen-bond donors (Lipinski definition) is 2. The number of nitrogens with zero attached hydrogens (tertiary/aromatic N) is 2. The van der Waals surface area contributed by atoms with Crippen LogP contribution in [0.25, 0.3) is 0 Å². The van der Waals surface area contributed by atoms with Gasteiger partial charge in [0, 0.05) is 39.0 Å². The molecule has 0 aromatic heterocycles. The second-order valence-corrected chi connectivity index (χ2v) is 8.21. The maximum Gasteiger partial charge on any atom is 0.241 e. The molecule has 1 spiro atoms. The molecule has 0 aromatic carbocycles. The molecule has 2 rings (SSSR count). The van der Waals surface area contributed by atoms with E-state index in [0.717, 1.165) is 57.0 Å². The van der Waals surface area contributed by atoms with Gasteiger partial charge in [0.15, 0.2) is 5.11 Å². The van der Waals surface area contributed by atoms with Crippen molar-refractivity contribution in [3.8, 4) is 0 Å². The minimum atomic E-state index is -0.188. The minimum Gasteiger partial charge on any atom is -0.363 e. The van der Waals surface area contributed by atoms with Crippen LogP contribution in [-0.4, -0.2) is 58.7 Å². The van der Waals surface area contributed by atoms with E-state index in [4.69, 9.17) is 12.2 Å². The van der Waals surface area contributed by atoms with E-state index in [1.54, 1.807) is 0 Å². The van der Waals surface area contributed by atoms with Crippen LogP contribution in [0.5, 0.6) is 0 Å². The summed E-state index contributed by atoms with van der Waals surface area (Å²) >= 11 is 5.47. The Kier molecular flexibility index (Phi) is 7.09. The van der Waals surface area contributed by atoms with E-state index < -0.39 is 0 Å². The summed E-state index contributed by atoms with van der Waals surface area (Å²) in [7, 11) is 0. The Morgan fingerprint density at radius 1 is 1.28 bits per heavy atom. The highest BCUT2D eigenvalue weighted by Gasteiger charge is 2.52. The van der Waals surface area contributed by atoms with E-state index in [0.29, 0.717) is 17.7 Å². The number of hydrogen-bond acceptors (Lipinski definition) is 3. The molecule has 2 aliphatic rings. The first-order valence-electron chi connectivity index (χ1n) is 10.00. The van der Waals surface area contributed by atoms with Crippen molar-refractivity contribution < 1.29 is 4.79 Å². The van der Waals surface area contributed by atoms with Crippen LogP contribution in [0.2, 0.25) is 0 Å². The van der Waals surface area contributed by atoms with Gasteiger partial charge < -0.3 is 15.1 Å². The summed E-state index contributed by atoms with van der Waals surface area (Å²) in [5, 5.41) is 7.85. The van der Waals surface area contributed by atoms with Gasteiger partial charge in [-0.15, -0.1) is 0 Å². The van der Waals surface area contributed by atoms with Crippen molar-refractivity contribution in [2.24, 2.45) is 11.8 Å². The van der Waals surface area contributed by atoms with Crippen molar-refractivity contribution in [1.29, 1.82) is 0 Å². The fourth-order valence-corrected chi connectivity index (χ4v) is 4.22. The fourth-order valence-electron chi connectivity index (χ4n) is 3.89. The predicted octanol–water partition coefficient (Wildman–Crippen LogP) is 2.57. The third-order valence-electron chi connectivity index (χ3n) is 6.08. The Hall–Kier alpha value is -0.880. The smallest absolute Gasteiger partial charge is 0.241 e. The highest BCUT2D eigenvalue weighted by Crippen LogP contribution is 2.35. The monoisotopic (exact) mass is 368 g/mol. The number of thiocarbonyl (C=S) groups is 1. The van der Waals surface area contributed by atoms with E-state index in [1.165, 1.54) is 0 Å². The number of rotatable bonds is 6. The van der Waals surface area contributed by atoms with Crippen molar-refractivity contribution in [3.63, 3.8) is 0 Å². The predicted molar refractivity (Wildman–Crippen MR) is 107 cm³/mol. The molecule has 6 heteroatoms. The minimum absolute atomic E-state index is 0.0404. The average Bonchev–Trinajstić information content (AvgIpc) is 2.87. The van der Waals surface area contributed by atoms with E-state index in [1.807, 2.05) is 0 Å². The van der Waals surface area contributed by atoms with Gasteiger partial charge in [0.1, 0.15) is 0 Å². The molecule has 0 saturated carbocycles. The van der Waals surface area contributed by atoms with Crippen LogP contribution in [0.3, 0.4) is 0 Å². The van der Waals surface area contributed by atoms with Crippen LogP contribution in [0.15, 0.2) is 0 Å². The first-order valence-corrected chi connectivity index (χ1v) is 10.4. The summed E-state index contributed by atoms with van der Waals surface area (Å²) < 4.78 is 0. The van der Waals surface area contributed by atoms with Crippen LogP contribution in [-0.2, 0) is 4.79 Å². The average molecular weight is 369 g/mol. The molecule has 0 aromatic rings. The van der Waals surface area contributed by atoms with Gasteiger partial charge >= 0.3 is 0 Å². The van der Waals surface area contributed by atoms with E-state index in [-0.39, 0.29) is 11.7 Å². The maximum absolute atomic E-state index is 13.2. The van der Waals surface area contributed by atoms with Gasteiger partial charge in [-0.25, -0.2) is 0 Å². The van der Waals surface area contributed by atoms with E-state index in [9.17, 15) is 4.79 Å². The van der Waals surface area contributed by atoms with Crippen LogP contribution >= 0.6 is 12.2 Å². The lowest BCUT2D eigenvalue weighted by atomic mass is 9.94. The van der Waals surface area contributed by atoms with E-state index >= 15 is 0 Å². The summed E-state index contributed by atoms with van der Waals surface area (Å²) in [6, 6.07) is -0.0404. The number of piperidine rings is 1. The molecule has 2 aliphatic heterocycles. The molecular weight excluding hydrogens is 332 g/mol. The van der Waals surface area contributed by atoms with Crippen molar-refractivity contribution >= 4 is 23.2 Å². The zero-order chi connectivity index (χ0) is 18.6. The van der Waals surface area contributed by atoms with Crippen molar-refractivity contribution in [2.45, 2.75) is 72.0 Å². The fraction of sp³-hybridized carbons (Fsp3) is 0.895. The SMILES string of the molecule is CCNC(=S)N1CCC2(CC1)N[C@H]([C@@H](C)CC)C(=O)N2C[C@H](C)CC. The van der Waals surface area contributed by atoms with Crippen LogP contribution < -0.4 is 10.6 Å². The Labute approximate surface area is 158 Å². The third-order valence-corrected chi connectivity index (χ3v) is 6.49. The molecule has 2 fully saturated rings. The zero-order valence-electron chi connectivity index (χ0n) is 16.6. The highest BCUT2D eigenvalue weighted by atomic mass is 32.1. The van der Waals surface area contributed by atoms with Crippen molar-refractivity contribution in [2.75, 3.05) is 26.2 Å². The van der Waals surface area contributed by atoms with Gasteiger partial charge in [-0.05, 0) is 31.0 Å². The largest absolute Gasteiger partial charge is 0.363 e. The molecule has 2 saturated heterocycles. The quantitative estimate of drug-likeness (QED) is 0.706. The summed E-state index contributed by atoms with van der Waals surface area (Å²) in [6.45, 7) is 14.4. The highest BCUT2D eigenvalue weighted by molar-refractivity contribution is 7.80.